The van der Waals surface area contributed by atoms with Crippen LogP contribution in [0.15, 0.2) is 78.4 Å². The lowest BCUT2D eigenvalue weighted by molar-refractivity contribution is -0.139. The Bertz CT molecular complexity index is 1300. The smallest absolute Gasteiger partial charge is 0.295 e. The molecule has 0 radical (unpaired) electrons. The molecular formula is C31H33NO5. The third-order valence-electron chi connectivity index (χ3n) is 6.34. The number of ketones is 1. The zero-order valence-electron chi connectivity index (χ0n) is 21.6. The number of aryl methyl sites for hydroxylation is 1. The molecule has 3 aromatic carbocycles. The molecule has 1 N–H and O–H groups in total. The maximum absolute atomic E-state index is 13.2. The number of nitrogens with zero attached hydrogens (tertiary/aromatic N) is 1. The highest BCUT2D eigenvalue weighted by Gasteiger charge is 2.45. The normalized spacial score (nSPS) is 16.7. The summed E-state index contributed by atoms with van der Waals surface area (Å²) < 4.78 is 11.8. The fraction of sp³-hybridized carbons (Fsp3) is 0.290. The zero-order valence-corrected chi connectivity index (χ0v) is 21.6. The second-order valence-electron chi connectivity index (χ2n) is 9.17. The monoisotopic (exact) mass is 499 g/mol. The molecule has 1 heterocycles. The van der Waals surface area contributed by atoms with Gasteiger partial charge in [0.25, 0.3) is 11.7 Å². The number of carbonyl (C=O) groups is 2. The third kappa shape index (κ3) is 5.69. The van der Waals surface area contributed by atoms with Crippen molar-refractivity contribution in [2.24, 2.45) is 0 Å². The van der Waals surface area contributed by atoms with Crippen LogP contribution in [0.4, 0.5) is 0 Å². The van der Waals surface area contributed by atoms with Gasteiger partial charge in [0.2, 0.25) is 0 Å². The number of hydrogen-bond donors (Lipinski definition) is 1. The number of amides is 1. The van der Waals surface area contributed by atoms with E-state index in [9.17, 15) is 14.7 Å². The lowest BCUT2D eigenvalue weighted by Crippen LogP contribution is -2.30. The van der Waals surface area contributed by atoms with Gasteiger partial charge in [-0.15, -0.1) is 0 Å². The van der Waals surface area contributed by atoms with Gasteiger partial charge in [0.05, 0.1) is 18.2 Å². The van der Waals surface area contributed by atoms with Crippen molar-refractivity contribution in [1.82, 2.24) is 4.90 Å². The van der Waals surface area contributed by atoms with Crippen LogP contribution in [-0.4, -0.2) is 34.8 Å². The van der Waals surface area contributed by atoms with E-state index in [1.165, 1.54) is 4.90 Å². The lowest BCUT2D eigenvalue weighted by Gasteiger charge is -2.25. The Morgan fingerprint density at radius 3 is 2.41 bits per heavy atom. The van der Waals surface area contributed by atoms with E-state index < -0.39 is 17.7 Å². The number of aliphatic hydroxyl groups is 1. The van der Waals surface area contributed by atoms with Gasteiger partial charge in [-0.25, -0.2) is 0 Å². The fourth-order valence-corrected chi connectivity index (χ4v) is 4.54. The van der Waals surface area contributed by atoms with Gasteiger partial charge < -0.3 is 19.5 Å². The summed E-state index contributed by atoms with van der Waals surface area (Å²) in [4.78, 5) is 27.7. The van der Waals surface area contributed by atoms with Crippen molar-refractivity contribution >= 4 is 17.4 Å². The van der Waals surface area contributed by atoms with Gasteiger partial charge in [0.1, 0.15) is 23.9 Å². The molecule has 1 amide bonds. The molecule has 1 saturated heterocycles. The summed E-state index contributed by atoms with van der Waals surface area (Å²) in [5, 5.41) is 11.4. The molecule has 1 fully saturated rings. The van der Waals surface area contributed by atoms with Crippen LogP contribution in [0.5, 0.6) is 11.5 Å². The Kier molecular flexibility index (Phi) is 8.29. The van der Waals surface area contributed by atoms with Crippen LogP contribution in [0, 0.1) is 6.92 Å². The van der Waals surface area contributed by atoms with Crippen LogP contribution in [-0.2, 0) is 16.2 Å². The Balaban J connectivity index is 1.69. The molecule has 192 valence electrons. The second-order valence-corrected chi connectivity index (χ2v) is 9.17. The Hall–Kier alpha value is -4.06. The molecule has 3 aromatic rings. The lowest BCUT2D eigenvalue weighted by atomic mass is 9.94. The van der Waals surface area contributed by atoms with Crippen molar-refractivity contribution < 1.29 is 24.2 Å². The third-order valence-corrected chi connectivity index (χ3v) is 6.34. The van der Waals surface area contributed by atoms with Crippen LogP contribution in [0.25, 0.3) is 5.76 Å². The number of hydrogen-bond acceptors (Lipinski definition) is 5. The summed E-state index contributed by atoms with van der Waals surface area (Å²) in [6.45, 7) is 7.26. The second kappa shape index (κ2) is 11.8. The number of aliphatic hydroxyl groups excluding tert-OH is 1. The Labute approximate surface area is 218 Å². The maximum atomic E-state index is 13.2. The van der Waals surface area contributed by atoms with Crippen molar-refractivity contribution in [2.45, 2.75) is 46.3 Å². The van der Waals surface area contributed by atoms with Crippen LogP contribution in [0.1, 0.15) is 55.0 Å². The number of Topliss-reactive ketones (excluding diaryl/α,β-unsaturated/α-hetero) is 1. The molecule has 6 nitrogen and oxygen atoms in total. The van der Waals surface area contributed by atoms with E-state index in [0.717, 1.165) is 23.1 Å². The summed E-state index contributed by atoms with van der Waals surface area (Å²) in [7, 11) is 0. The summed E-state index contributed by atoms with van der Waals surface area (Å²) in [6.07, 6.45) is 1.55. The highest BCUT2D eigenvalue weighted by Crippen LogP contribution is 2.40. The highest BCUT2D eigenvalue weighted by molar-refractivity contribution is 6.46. The van der Waals surface area contributed by atoms with Gasteiger partial charge in [-0.1, -0.05) is 56.3 Å². The predicted octanol–water partition coefficient (Wildman–Crippen LogP) is 6.19. The van der Waals surface area contributed by atoms with Crippen molar-refractivity contribution in [2.75, 3.05) is 13.2 Å². The molecule has 4 rings (SSSR count). The van der Waals surface area contributed by atoms with Gasteiger partial charge in [-0.05, 0) is 66.8 Å². The van der Waals surface area contributed by atoms with Crippen LogP contribution >= 0.6 is 0 Å². The molecule has 1 aliphatic heterocycles. The molecule has 0 aliphatic carbocycles. The van der Waals surface area contributed by atoms with Crippen LogP contribution < -0.4 is 9.47 Å². The molecule has 6 heteroatoms. The minimum Gasteiger partial charge on any atom is -0.507 e. The molecule has 1 atom stereocenters. The number of rotatable bonds is 10. The average Bonchev–Trinajstić information content (AvgIpc) is 3.17. The SMILES string of the molecule is CCCOc1cccc(C2/C(=C(\O)c3ccc(OCc4ccccc4)c(C)c3)C(=O)C(=O)N2CCC)c1. The van der Waals surface area contributed by atoms with E-state index in [1.54, 1.807) is 18.2 Å². The first-order chi connectivity index (χ1) is 17.9. The average molecular weight is 500 g/mol. The Morgan fingerprint density at radius 1 is 0.919 bits per heavy atom. The number of ether oxygens (including phenoxy) is 2. The predicted molar refractivity (Wildman–Crippen MR) is 143 cm³/mol. The number of carbonyl (C=O) groups excluding carboxylic acids is 2. The zero-order chi connectivity index (χ0) is 26.4. The van der Waals surface area contributed by atoms with Crippen molar-refractivity contribution in [1.29, 1.82) is 0 Å². The molecule has 0 aromatic heterocycles. The van der Waals surface area contributed by atoms with Crippen LogP contribution in [0.2, 0.25) is 0 Å². The Morgan fingerprint density at radius 2 is 1.70 bits per heavy atom. The van der Waals surface area contributed by atoms with E-state index in [-0.39, 0.29) is 11.3 Å². The van der Waals surface area contributed by atoms with E-state index in [0.29, 0.717) is 43.2 Å². The highest BCUT2D eigenvalue weighted by atomic mass is 16.5. The first-order valence-electron chi connectivity index (χ1n) is 12.7. The van der Waals surface area contributed by atoms with E-state index in [1.807, 2.05) is 75.4 Å². The molecule has 1 aliphatic rings. The molecule has 1 unspecified atom stereocenters. The van der Waals surface area contributed by atoms with Gasteiger partial charge >= 0.3 is 0 Å². The summed E-state index contributed by atoms with van der Waals surface area (Å²) in [5.74, 6) is -0.133. The van der Waals surface area contributed by atoms with Gasteiger partial charge in [-0.2, -0.15) is 0 Å². The fourth-order valence-electron chi connectivity index (χ4n) is 4.54. The minimum atomic E-state index is -0.695. The molecule has 0 bridgehead atoms. The molecular weight excluding hydrogens is 466 g/mol. The van der Waals surface area contributed by atoms with Gasteiger partial charge in [-0.3, -0.25) is 9.59 Å². The minimum absolute atomic E-state index is 0.0865. The van der Waals surface area contributed by atoms with Crippen LogP contribution in [0.3, 0.4) is 0 Å². The van der Waals surface area contributed by atoms with E-state index in [4.69, 9.17) is 9.47 Å². The summed E-state index contributed by atoms with van der Waals surface area (Å²) >= 11 is 0. The summed E-state index contributed by atoms with van der Waals surface area (Å²) in [6, 6.07) is 21.8. The van der Waals surface area contributed by atoms with Crippen molar-refractivity contribution in [3.63, 3.8) is 0 Å². The topological polar surface area (TPSA) is 76.1 Å². The standard InChI is InChI=1S/C31H33NO5/c1-4-16-32-28(23-12-9-13-25(19-23)36-17-5-2)27(30(34)31(32)35)29(33)24-14-15-26(21(3)18-24)37-20-22-10-7-6-8-11-22/h6-15,18-19,28,33H,4-5,16-17,20H2,1-3H3/b29-27+. The first kappa shape index (κ1) is 26.0. The summed E-state index contributed by atoms with van der Waals surface area (Å²) in [5.41, 5.74) is 3.14. The number of likely N-dealkylation sites (tertiary alicyclic amines) is 1. The quantitative estimate of drug-likeness (QED) is 0.204. The molecule has 37 heavy (non-hydrogen) atoms. The first-order valence-corrected chi connectivity index (χ1v) is 12.7. The van der Waals surface area contributed by atoms with Crippen molar-refractivity contribution in [3.05, 3.63) is 101 Å². The molecule has 0 saturated carbocycles. The molecule has 0 spiro atoms. The largest absolute Gasteiger partial charge is 0.507 e. The van der Waals surface area contributed by atoms with Gasteiger partial charge in [0.15, 0.2) is 0 Å². The van der Waals surface area contributed by atoms with Gasteiger partial charge in [0, 0.05) is 12.1 Å². The maximum Gasteiger partial charge on any atom is 0.295 e. The number of benzene rings is 3. The van der Waals surface area contributed by atoms with E-state index >= 15 is 0 Å². The van der Waals surface area contributed by atoms with E-state index in [2.05, 4.69) is 0 Å². The van der Waals surface area contributed by atoms with Crippen molar-refractivity contribution in [3.8, 4) is 11.5 Å².